The maximum atomic E-state index is 5.70. The lowest BCUT2D eigenvalue weighted by Gasteiger charge is -2.33. The second-order valence-corrected chi connectivity index (χ2v) is 4.08. The van der Waals surface area contributed by atoms with Gasteiger partial charge in [-0.05, 0) is 37.1 Å². The van der Waals surface area contributed by atoms with Gasteiger partial charge in [0.2, 0.25) is 0 Å². The minimum Gasteiger partial charge on any atom is -0.330 e. The van der Waals surface area contributed by atoms with Gasteiger partial charge in [0.05, 0.1) is 0 Å². The molecule has 0 bridgehead atoms. The lowest BCUT2D eigenvalue weighted by Crippen LogP contribution is -2.29. The van der Waals surface area contributed by atoms with Crippen molar-refractivity contribution < 1.29 is 0 Å². The van der Waals surface area contributed by atoms with Crippen LogP contribution in [0.4, 0.5) is 0 Å². The lowest BCUT2D eigenvalue weighted by molar-refractivity contribution is 0.198. The Balaban J connectivity index is 2.47. The number of terminal acetylenes is 1. The third-order valence-electron chi connectivity index (χ3n) is 3.08. The molecule has 1 fully saturated rings. The first-order valence-corrected chi connectivity index (χ1v) is 4.91. The minimum absolute atomic E-state index is 0.692. The molecule has 0 saturated heterocycles. The summed E-state index contributed by atoms with van der Waals surface area (Å²) < 4.78 is 0. The van der Waals surface area contributed by atoms with Crippen molar-refractivity contribution in [1.82, 2.24) is 0 Å². The molecule has 1 nitrogen and oxygen atoms in total. The van der Waals surface area contributed by atoms with Gasteiger partial charge in [0.1, 0.15) is 0 Å². The molecule has 3 atom stereocenters. The smallest absolute Gasteiger partial charge is 0.0118 e. The van der Waals surface area contributed by atoms with E-state index in [4.69, 9.17) is 12.2 Å². The van der Waals surface area contributed by atoms with Gasteiger partial charge in [-0.2, -0.15) is 0 Å². The Morgan fingerprint density at radius 3 is 2.75 bits per heavy atom. The first-order chi connectivity index (χ1) is 5.77. The van der Waals surface area contributed by atoms with E-state index in [1.54, 1.807) is 0 Å². The second kappa shape index (κ2) is 4.52. The van der Waals surface area contributed by atoms with Gasteiger partial charge in [-0.1, -0.05) is 13.3 Å². The average molecular weight is 165 g/mol. The van der Waals surface area contributed by atoms with Crippen LogP contribution in [0.2, 0.25) is 0 Å². The molecule has 0 spiro atoms. The third-order valence-corrected chi connectivity index (χ3v) is 3.08. The fraction of sp³-hybridized carbons (Fsp3) is 0.818. The van der Waals surface area contributed by atoms with Crippen LogP contribution in [0.5, 0.6) is 0 Å². The Morgan fingerprint density at radius 2 is 2.17 bits per heavy atom. The van der Waals surface area contributed by atoms with E-state index >= 15 is 0 Å². The Labute approximate surface area is 75.7 Å². The zero-order chi connectivity index (χ0) is 8.97. The number of hydrogen-bond acceptors (Lipinski definition) is 1. The van der Waals surface area contributed by atoms with Gasteiger partial charge in [0.15, 0.2) is 0 Å². The predicted octanol–water partition coefficient (Wildman–Crippen LogP) is 2.02. The Kier molecular flexibility index (Phi) is 3.62. The van der Waals surface area contributed by atoms with Gasteiger partial charge in [-0.3, -0.25) is 0 Å². The Hall–Kier alpha value is -0.480. The van der Waals surface area contributed by atoms with Crippen molar-refractivity contribution in [2.45, 2.75) is 32.6 Å². The molecule has 1 heteroatoms. The molecule has 1 rings (SSSR count). The van der Waals surface area contributed by atoms with E-state index in [0.29, 0.717) is 11.8 Å². The van der Waals surface area contributed by atoms with Gasteiger partial charge >= 0.3 is 0 Å². The van der Waals surface area contributed by atoms with E-state index in [1.807, 2.05) is 0 Å². The number of rotatable bonds is 2. The molecule has 0 heterocycles. The largest absolute Gasteiger partial charge is 0.330 e. The van der Waals surface area contributed by atoms with Crippen LogP contribution in [-0.4, -0.2) is 6.54 Å². The van der Waals surface area contributed by atoms with Crippen molar-refractivity contribution in [1.29, 1.82) is 0 Å². The molecule has 0 aromatic rings. The molecule has 0 aliphatic heterocycles. The summed E-state index contributed by atoms with van der Waals surface area (Å²) in [7, 11) is 0. The topological polar surface area (TPSA) is 26.0 Å². The fourth-order valence-electron chi connectivity index (χ4n) is 2.27. The number of nitrogens with two attached hydrogens (primary N) is 1. The van der Waals surface area contributed by atoms with Gasteiger partial charge in [-0.15, -0.1) is 12.3 Å². The average Bonchev–Trinajstić information content (AvgIpc) is 2.05. The van der Waals surface area contributed by atoms with Crippen molar-refractivity contribution in [2.24, 2.45) is 23.5 Å². The molecule has 0 aromatic carbocycles. The van der Waals surface area contributed by atoms with E-state index in [9.17, 15) is 0 Å². The zero-order valence-electron chi connectivity index (χ0n) is 7.92. The second-order valence-electron chi connectivity index (χ2n) is 4.08. The maximum absolute atomic E-state index is 5.70. The summed E-state index contributed by atoms with van der Waals surface area (Å²) in [6.45, 7) is 3.13. The summed E-state index contributed by atoms with van der Waals surface area (Å²) in [5.41, 5.74) is 5.70. The molecule has 3 unspecified atom stereocenters. The van der Waals surface area contributed by atoms with Crippen molar-refractivity contribution in [3.63, 3.8) is 0 Å². The highest BCUT2D eigenvalue weighted by molar-refractivity contribution is 4.91. The Morgan fingerprint density at radius 1 is 1.42 bits per heavy atom. The molecule has 12 heavy (non-hydrogen) atoms. The first kappa shape index (κ1) is 9.61. The highest BCUT2D eigenvalue weighted by Crippen LogP contribution is 2.34. The van der Waals surface area contributed by atoms with Crippen molar-refractivity contribution in [2.75, 3.05) is 6.54 Å². The normalized spacial score (nSPS) is 35.9. The molecule has 68 valence electrons. The molecule has 0 amide bonds. The first-order valence-electron chi connectivity index (χ1n) is 4.91. The standard InChI is InChI=1S/C11H19N/c1-3-4-10-7-9(2)5-6-11(10)8-12/h1,9-11H,4-8,12H2,2H3. The van der Waals surface area contributed by atoms with Gasteiger partial charge in [0, 0.05) is 6.42 Å². The van der Waals surface area contributed by atoms with Crippen LogP contribution in [0.15, 0.2) is 0 Å². The van der Waals surface area contributed by atoms with Gasteiger partial charge < -0.3 is 5.73 Å². The summed E-state index contributed by atoms with van der Waals surface area (Å²) in [5.74, 6) is 5.01. The highest BCUT2D eigenvalue weighted by Gasteiger charge is 2.26. The molecule has 2 N–H and O–H groups in total. The fourth-order valence-corrected chi connectivity index (χ4v) is 2.27. The SMILES string of the molecule is C#CCC1CC(C)CCC1CN. The van der Waals surface area contributed by atoms with Crippen molar-refractivity contribution in [3.05, 3.63) is 0 Å². The van der Waals surface area contributed by atoms with E-state index in [-0.39, 0.29) is 0 Å². The molecule has 1 aliphatic carbocycles. The number of hydrogen-bond donors (Lipinski definition) is 1. The minimum atomic E-state index is 0.692. The van der Waals surface area contributed by atoms with Crippen LogP contribution in [-0.2, 0) is 0 Å². The van der Waals surface area contributed by atoms with Crippen LogP contribution >= 0.6 is 0 Å². The lowest BCUT2D eigenvalue weighted by atomic mass is 9.73. The summed E-state index contributed by atoms with van der Waals surface area (Å²) in [6, 6.07) is 0. The summed E-state index contributed by atoms with van der Waals surface area (Å²) in [6.07, 6.45) is 10.2. The zero-order valence-corrected chi connectivity index (χ0v) is 7.92. The highest BCUT2D eigenvalue weighted by atomic mass is 14.6. The van der Waals surface area contributed by atoms with E-state index in [0.717, 1.165) is 18.9 Å². The van der Waals surface area contributed by atoms with Gasteiger partial charge in [-0.25, -0.2) is 0 Å². The van der Waals surface area contributed by atoms with Crippen LogP contribution in [0, 0.1) is 30.1 Å². The maximum Gasteiger partial charge on any atom is 0.0118 e. The van der Waals surface area contributed by atoms with Crippen molar-refractivity contribution >= 4 is 0 Å². The molecular weight excluding hydrogens is 146 g/mol. The van der Waals surface area contributed by atoms with Crippen LogP contribution in [0.3, 0.4) is 0 Å². The quantitative estimate of drug-likeness (QED) is 0.622. The van der Waals surface area contributed by atoms with Crippen LogP contribution in [0.25, 0.3) is 0 Å². The predicted molar refractivity (Wildman–Crippen MR) is 52.5 cm³/mol. The summed E-state index contributed by atoms with van der Waals surface area (Å²) >= 11 is 0. The summed E-state index contributed by atoms with van der Waals surface area (Å²) in [4.78, 5) is 0. The summed E-state index contributed by atoms with van der Waals surface area (Å²) in [5, 5.41) is 0. The molecule has 0 aromatic heterocycles. The van der Waals surface area contributed by atoms with Crippen molar-refractivity contribution in [3.8, 4) is 12.3 Å². The van der Waals surface area contributed by atoms with Crippen LogP contribution < -0.4 is 5.73 Å². The third kappa shape index (κ3) is 2.25. The molecule has 0 radical (unpaired) electrons. The van der Waals surface area contributed by atoms with E-state index in [1.165, 1.54) is 19.3 Å². The van der Waals surface area contributed by atoms with Crippen LogP contribution in [0.1, 0.15) is 32.6 Å². The van der Waals surface area contributed by atoms with E-state index in [2.05, 4.69) is 12.8 Å². The monoisotopic (exact) mass is 165 g/mol. The molecule has 1 aliphatic rings. The van der Waals surface area contributed by atoms with E-state index < -0.39 is 0 Å². The Bertz CT molecular complexity index is 168. The molecule has 1 saturated carbocycles. The molecular formula is C11H19N. The van der Waals surface area contributed by atoms with Gasteiger partial charge in [0.25, 0.3) is 0 Å².